The van der Waals surface area contributed by atoms with Gasteiger partial charge in [-0.3, -0.25) is 19.1 Å². The second-order valence-corrected chi connectivity index (χ2v) is 7.27. The fraction of sp³-hybridized carbons (Fsp3) is 0.261. The van der Waals surface area contributed by atoms with Crippen molar-refractivity contribution in [2.45, 2.75) is 25.8 Å². The smallest absolute Gasteiger partial charge is 0.321 e. The maximum Gasteiger partial charge on any atom is 0.321 e. The number of hydrogen-bond acceptors (Lipinski definition) is 4. The monoisotopic (exact) mass is 422 g/mol. The number of hydrogen-bond donors (Lipinski definition) is 3. The number of para-hydroxylation sites is 1. The molecule has 1 aromatic heterocycles. The first-order valence-corrected chi connectivity index (χ1v) is 10.0. The van der Waals surface area contributed by atoms with Crippen LogP contribution >= 0.6 is 0 Å². The van der Waals surface area contributed by atoms with Crippen LogP contribution in [0.3, 0.4) is 0 Å². The molecule has 1 unspecified atom stereocenters. The standard InChI is InChI=1S/C23H26N4O4/c1-16-21(22(29)27(26(16)2)18-11-7-4-8-12-18)25-20(28)15-19(23(30)31)24-14-13-17-9-5-3-6-10-17/h3-12,19,24H,13-15H2,1-2H3,(H,25,28)(H,30,31). The summed E-state index contributed by atoms with van der Waals surface area (Å²) in [6.07, 6.45) is 0.356. The van der Waals surface area contributed by atoms with Gasteiger partial charge in [-0.1, -0.05) is 48.5 Å². The number of aliphatic carboxylic acids is 1. The Morgan fingerprint density at radius 1 is 1.03 bits per heavy atom. The van der Waals surface area contributed by atoms with Crippen molar-refractivity contribution in [2.24, 2.45) is 7.05 Å². The van der Waals surface area contributed by atoms with Crippen molar-refractivity contribution >= 4 is 17.6 Å². The first-order chi connectivity index (χ1) is 14.9. The Hall–Kier alpha value is -3.65. The molecule has 0 radical (unpaired) electrons. The molecule has 0 bridgehead atoms. The molecular weight excluding hydrogens is 396 g/mol. The predicted molar refractivity (Wildman–Crippen MR) is 119 cm³/mol. The summed E-state index contributed by atoms with van der Waals surface area (Å²) in [5, 5.41) is 15.0. The molecule has 0 fully saturated rings. The fourth-order valence-corrected chi connectivity index (χ4v) is 3.37. The highest BCUT2D eigenvalue weighted by molar-refractivity contribution is 5.94. The number of aromatic nitrogens is 2. The summed E-state index contributed by atoms with van der Waals surface area (Å²) < 4.78 is 3.11. The molecule has 3 N–H and O–H groups in total. The van der Waals surface area contributed by atoms with Crippen LogP contribution in [0.2, 0.25) is 0 Å². The Kier molecular flexibility index (Phi) is 7.04. The average molecular weight is 422 g/mol. The van der Waals surface area contributed by atoms with Gasteiger partial charge in [-0.2, -0.15) is 0 Å². The van der Waals surface area contributed by atoms with E-state index in [1.165, 1.54) is 4.68 Å². The number of carbonyl (C=O) groups is 2. The van der Waals surface area contributed by atoms with Crippen LogP contribution in [-0.2, 0) is 23.1 Å². The zero-order chi connectivity index (χ0) is 22.4. The van der Waals surface area contributed by atoms with Crippen molar-refractivity contribution < 1.29 is 14.7 Å². The van der Waals surface area contributed by atoms with Crippen LogP contribution < -0.4 is 16.2 Å². The SMILES string of the molecule is Cc1c(NC(=O)CC(NCCc2ccccc2)C(=O)O)c(=O)n(-c2ccccc2)n1C. The van der Waals surface area contributed by atoms with Gasteiger partial charge in [0.25, 0.3) is 5.56 Å². The normalized spacial score (nSPS) is 11.8. The summed E-state index contributed by atoms with van der Waals surface area (Å²) in [6, 6.07) is 17.7. The highest BCUT2D eigenvalue weighted by Crippen LogP contribution is 2.14. The van der Waals surface area contributed by atoms with Crippen molar-refractivity contribution in [2.75, 3.05) is 11.9 Å². The molecule has 3 rings (SSSR count). The summed E-state index contributed by atoms with van der Waals surface area (Å²) in [6.45, 7) is 2.14. The van der Waals surface area contributed by atoms with Gasteiger partial charge >= 0.3 is 5.97 Å². The minimum Gasteiger partial charge on any atom is -0.480 e. The third-order valence-corrected chi connectivity index (χ3v) is 5.15. The molecule has 3 aromatic rings. The van der Waals surface area contributed by atoms with E-state index in [-0.39, 0.29) is 17.7 Å². The summed E-state index contributed by atoms with van der Waals surface area (Å²) >= 11 is 0. The van der Waals surface area contributed by atoms with Crippen molar-refractivity contribution in [3.63, 3.8) is 0 Å². The number of nitrogens with zero attached hydrogens (tertiary/aromatic N) is 2. The van der Waals surface area contributed by atoms with E-state index in [0.717, 1.165) is 5.56 Å². The summed E-state index contributed by atoms with van der Waals surface area (Å²) in [5.74, 6) is -1.65. The molecule has 0 saturated carbocycles. The van der Waals surface area contributed by atoms with Crippen LogP contribution in [0.15, 0.2) is 65.5 Å². The number of amides is 1. The van der Waals surface area contributed by atoms with E-state index in [0.29, 0.717) is 24.3 Å². The zero-order valence-electron chi connectivity index (χ0n) is 17.5. The second kappa shape index (κ2) is 9.90. The molecule has 2 aromatic carbocycles. The van der Waals surface area contributed by atoms with Crippen molar-refractivity contribution in [3.05, 3.63) is 82.3 Å². The molecule has 8 heteroatoms. The van der Waals surface area contributed by atoms with E-state index in [2.05, 4.69) is 10.6 Å². The van der Waals surface area contributed by atoms with Crippen molar-refractivity contribution in [1.82, 2.24) is 14.7 Å². The Labute approximate surface area is 180 Å². The Morgan fingerprint density at radius 3 is 2.26 bits per heavy atom. The van der Waals surface area contributed by atoms with Gasteiger partial charge in [0.15, 0.2) is 0 Å². The lowest BCUT2D eigenvalue weighted by Gasteiger charge is -2.14. The number of rotatable bonds is 9. The molecular formula is C23H26N4O4. The number of carbonyl (C=O) groups excluding carboxylic acids is 1. The number of carboxylic acids is 1. The van der Waals surface area contributed by atoms with Crippen molar-refractivity contribution in [3.8, 4) is 5.69 Å². The molecule has 1 atom stereocenters. The molecule has 162 valence electrons. The van der Waals surface area contributed by atoms with Crippen LogP contribution in [0.5, 0.6) is 0 Å². The van der Waals surface area contributed by atoms with Crippen LogP contribution in [0.1, 0.15) is 17.7 Å². The number of nitrogens with one attached hydrogen (secondary N) is 2. The molecule has 0 aliphatic carbocycles. The third-order valence-electron chi connectivity index (χ3n) is 5.15. The molecule has 1 amide bonds. The quantitative estimate of drug-likeness (QED) is 0.490. The van der Waals surface area contributed by atoms with Gasteiger partial charge in [0.05, 0.1) is 17.8 Å². The van der Waals surface area contributed by atoms with Crippen molar-refractivity contribution in [1.29, 1.82) is 0 Å². The number of benzene rings is 2. The zero-order valence-corrected chi connectivity index (χ0v) is 17.5. The van der Waals surface area contributed by atoms with Gasteiger partial charge in [-0.05, 0) is 37.6 Å². The average Bonchev–Trinajstić information content (AvgIpc) is 2.97. The van der Waals surface area contributed by atoms with Crippen LogP contribution in [0, 0.1) is 6.92 Å². The maximum absolute atomic E-state index is 12.9. The van der Waals surface area contributed by atoms with E-state index in [1.54, 1.807) is 30.8 Å². The lowest BCUT2D eigenvalue weighted by molar-refractivity contribution is -0.141. The Morgan fingerprint density at radius 2 is 1.65 bits per heavy atom. The molecule has 0 aliphatic heterocycles. The molecule has 1 heterocycles. The minimum atomic E-state index is -1.12. The third kappa shape index (κ3) is 5.29. The van der Waals surface area contributed by atoms with Crippen LogP contribution in [-0.4, -0.2) is 38.9 Å². The summed E-state index contributed by atoms with van der Waals surface area (Å²) in [7, 11) is 1.73. The highest BCUT2D eigenvalue weighted by Gasteiger charge is 2.23. The van der Waals surface area contributed by atoms with E-state index in [4.69, 9.17) is 0 Å². The Bertz CT molecular complexity index is 1100. The first kappa shape index (κ1) is 22.0. The molecule has 0 spiro atoms. The van der Waals surface area contributed by atoms with E-state index in [9.17, 15) is 19.5 Å². The van der Waals surface area contributed by atoms with E-state index in [1.807, 2.05) is 48.5 Å². The highest BCUT2D eigenvalue weighted by atomic mass is 16.4. The van der Waals surface area contributed by atoms with Gasteiger partial charge in [0.2, 0.25) is 5.91 Å². The molecule has 8 nitrogen and oxygen atoms in total. The van der Waals surface area contributed by atoms with E-state index < -0.39 is 17.9 Å². The van der Waals surface area contributed by atoms with Crippen LogP contribution in [0.25, 0.3) is 5.69 Å². The number of anilines is 1. The van der Waals surface area contributed by atoms with Gasteiger partial charge in [-0.15, -0.1) is 0 Å². The van der Waals surface area contributed by atoms with Gasteiger partial charge in [0.1, 0.15) is 11.7 Å². The molecule has 0 saturated heterocycles. The van der Waals surface area contributed by atoms with Gasteiger partial charge < -0.3 is 15.7 Å². The van der Waals surface area contributed by atoms with Gasteiger partial charge in [0, 0.05) is 7.05 Å². The lowest BCUT2D eigenvalue weighted by atomic mass is 10.1. The maximum atomic E-state index is 12.9. The lowest BCUT2D eigenvalue weighted by Crippen LogP contribution is -2.41. The van der Waals surface area contributed by atoms with Crippen LogP contribution in [0.4, 0.5) is 5.69 Å². The second-order valence-electron chi connectivity index (χ2n) is 7.27. The Balaban J connectivity index is 1.67. The number of carboxylic acid groups (broad SMARTS) is 1. The largest absolute Gasteiger partial charge is 0.480 e. The first-order valence-electron chi connectivity index (χ1n) is 10.0. The summed E-state index contributed by atoms with van der Waals surface area (Å²) in [5.41, 5.74) is 2.09. The topological polar surface area (TPSA) is 105 Å². The molecule has 0 aliphatic rings. The minimum absolute atomic E-state index is 0.143. The fourth-order valence-electron chi connectivity index (χ4n) is 3.37. The van der Waals surface area contributed by atoms with Gasteiger partial charge in [-0.25, -0.2) is 4.68 Å². The predicted octanol–water partition coefficient (Wildman–Crippen LogP) is 2.10. The molecule has 31 heavy (non-hydrogen) atoms. The summed E-state index contributed by atoms with van der Waals surface area (Å²) in [4.78, 5) is 37.0. The van der Waals surface area contributed by atoms with E-state index >= 15 is 0 Å².